The van der Waals surface area contributed by atoms with E-state index >= 15 is 0 Å². The Morgan fingerprint density at radius 2 is 1.41 bits per heavy atom. The molecule has 4 nitrogen and oxygen atoms in total. The lowest BCUT2D eigenvalue weighted by Crippen LogP contribution is -2.12. The highest BCUT2D eigenvalue weighted by molar-refractivity contribution is 6.06. The molecular weight excluding hydrogens is 360 g/mol. The fourth-order valence-electron chi connectivity index (χ4n) is 3.24. The summed E-state index contributed by atoms with van der Waals surface area (Å²) in [7, 11) is 0. The maximum absolute atomic E-state index is 12.7. The molecule has 4 rings (SSSR count). The Kier molecular flexibility index (Phi) is 5.43. The van der Waals surface area contributed by atoms with Crippen LogP contribution in [0.1, 0.15) is 29.1 Å². The second-order valence-electron chi connectivity index (χ2n) is 6.84. The predicted octanol–water partition coefficient (Wildman–Crippen LogP) is 6.37. The van der Waals surface area contributed by atoms with Crippen molar-refractivity contribution in [3.8, 4) is 11.1 Å². The average Bonchev–Trinajstić information content (AvgIpc) is 3.26. The Hall–Kier alpha value is -3.79. The molecule has 1 aromatic heterocycles. The summed E-state index contributed by atoms with van der Waals surface area (Å²) in [6.45, 7) is 2.12. The number of benzene rings is 3. The van der Waals surface area contributed by atoms with E-state index in [4.69, 9.17) is 4.42 Å². The van der Waals surface area contributed by atoms with Crippen molar-refractivity contribution in [2.45, 2.75) is 13.0 Å². The van der Waals surface area contributed by atoms with E-state index in [0.29, 0.717) is 11.4 Å². The minimum atomic E-state index is -0.271. The molecule has 2 N–H and O–H groups in total. The number of carbonyl (C=O) groups excluding carboxylic acids is 1. The van der Waals surface area contributed by atoms with E-state index in [1.54, 1.807) is 0 Å². The predicted molar refractivity (Wildman–Crippen MR) is 117 cm³/mol. The Balaban J connectivity index is 1.43. The summed E-state index contributed by atoms with van der Waals surface area (Å²) in [6, 6.07) is 29.7. The van der Waals surface area contributed by atoms with Gasteiger partial charge in [0.1, 0.15) is 0 Å². The van der Waals surface area contributed by atoms with Crippen LogP contribution in [-0.2, 0) is 0 Å². The van der Waals surface area contributed by atoms with Gasteiger partial charge in [-0.3, -0.25) is 4.79 Å². The molecule has 0 spiro atoms. The highest BCUT2D eigenvalue weighted by atomic mass is 16.3. The van der Waals surface area contributed by atoms with E-state index in [2.05, 4.69) is 29.7 Å². The first-order valence-electron chi connectivity index (χ1n) is 9.56. The van der Waals surface area contributed by atoms with Crippen molar-refractivity contribution in [3.05, 3.63) is 109 Å². The van der Waals surface area contributed by atoms with E-state index < -0.39 is 0 Å². The molecule has 0 aliphatic heterocycles. The third-order valence-corrected chi connectivity index (χ3v) is 4.78. The van der Waals surface area contributed by atoms with Crippen LogP contribution in [0.2, 0.25) is 0 Å². The Labute approximate surface area is 170 Å². The van der Waals surface area contributed by atoms with Crippen LogP contribution >= 0.6 is 0 Å². The first-order chi connectivity index (χ1) is 14.2. The molecule has 0 radical (unpaired) electrons. The van der Waals surface area contributed by atoms with Gasteiger partial charge in [0.25, 0.3) is 5.91 Å². The van der Waals surface area contributed by atoms with E-state index in [-0.39, 0.29) is 11.9 Å². The molecule has 4 aromatic rings. The van der Waals surface area contributed by atoms with Crippen LogP contribution in [0.25, 0.3) is 11.1 Å². The first kappa shape index (κ1) is 18.6. The highest BCUT2D eigenvalue weighted by Crippen LogP contribution is 2.26. The summed E-state index contributed by atoms with van der Waals surface area (Å²) in [4.78, 5) is 12.7. The van der Waals surface area contributed by atoms with E-state index in [0.717, 1.165) is 16.8 Å². The van der Waals surface area contributed by atoms with E-state index in [1.165, 1.54) is 11.8 Å². The standard InChI is InChI=1S/C25H22N2O2/c1-18(19-8-4-2-5-9-19)26-21-12-14-22(15-13-21)27-25(28)24-23(16-17-29-24)20-10-6-3-7-11-20/h2-18,26H,1H3,(H,27,28)/t18-/m1/s1. The molecule has 1 atom stereocenters. The Bertz CT molecular complexity index is 1070. The molecule has 3 aromatic carbocycles. The van der Waals surface area contributed by atoms with E-state index in [9.17, 15) is 4.79 Å². The van der Waals surface area contributed by atoms with Gasteiger partial charge in [-0.1, -0.05) is 60.7 Å². The zero-order chi connectivity index (χ0) is 20.1. The van der Waals surface area contributed by atoms with Crippen LogP contribution in [0.5, 0.6) is 0 Å². The van der Waals surface area contributed by atoms with Crippen molar-refractivity contribution in [2.24, 2.45) is 0 Å². The van der Waals surface area contributed by atoms with Crippen molar-refractivity contribution < 1.29 is 9.21 Å². The van der Waals surface area contributed by atoms with Gasteiger partial charge in [0, 0.05) is 23.0 Å². The zero-order valence-corrected chi connectivity index (χ0v) is 16.1. The maximum atomic E-state index is 12.7. The number of carbonyl (C=O) groups is 1. The van der Waals surface area contributed by atoms with Crippen molar-refractivity contribution in [1.82, 2.24) is 0 Å². The van der Waals surface area contributed by atoms with Gasteiger partial charge in [-0.15, -0.1) is 0 Å². The van der Waals surface area contributed by atoms with Crippen LogP contribution < -0.4 is 10.6 Å². The van der Waals surface area contributed by atoms with Gasteiger partial charge < -0.3 is 15.1 Å². The third kappa shape index (κ3) is 4.38. The number of hydrogen-bond donors (Lipinski definition) is 2. The number of furan rings is 1. The molecule has 0 aliphatic carbocycles. The minimum absolute atomic E-state index is 0.188. The summed E-state index contributed by atoms with van der Waals surface area (Å²) in [6.07, 6.45) is 1.54. The Morgan fingerprint density at radius 1 is 0.793 bits per heavy atom. The SMILES string of the molecule is C[C@@H](Nc1ccc(NC(=O)c2occc2-c2ccccc2)cc1)c1ccccc1. The monoisotopic (exact) mass is 382 g/mol. The van der Waals surface area contributed by atoms with Gasteiger partial charge in [-0.25, -0.2) is 0 Å². The summed E-state index contributed by atoms with van der Waals surface area (Å²) < 4.78 is 5.45. The summed E-state index contributed by atoms with van der Waals surface area (Å²) in [5.41, 5.74) is 4.64. The first-order valence-corrected chi connectivity index (χ1v) is 9.56. The van der Waals surface area contributed by atoms with Gasteiger partial charge in [0.2, 0.25) is 0 Å². The summed E-state index contributed by atoms with van der Waals surface area (Å²) in [5, 5.41) is 6.37. The lowest BCUT2D eigenvalue weighted by atomic mass is 10.1. The average molecular weight is 382 g/mol. The topological polar surface area (TPSA) is 54.3 Å². The van der Waals surface area contributed by atoms with Gasteiger partial charge in [0.15, 0.2) is 5.76 Å². The lowest BCUT2D eigenvalue weighted by molar-refractivity contribution is 0.0997. The third-order valence-electron chi connectivity index (χ3n) is 4.78. The summed E-state index contributed by atoms with van der Waals surface area (Å²) in [5.74, 6) is 0.0308. The van der Waals surface area contributed by atoms with Gasteiger partial charge in [-0.05, 0) is 48.4 Å². The second-order valence-corrected chi connectivity index (χ2v) is 6.84. The van der Waals surface area contributed by atoms with Gasteiger partial charge in [0.05, 0.1) is 6.26 Å². The molecule has 29 heavy (non-hydrogen) atoms. The largest absolute Gasteiger partial charge is 0.459 e. The van der Waals surface area contributed by atoms with Crippen molar-refractivity contribution in [1.29, 1.82) is 0 Å². The molecule has 0 fully saturated rings. The number of nitrogens with one attached hydrogen (secondary N) is 2. The molecule has 0 bridgehead atoms. The molecule has 0 saturated carbocycles. The molecule has 0 aliphatic rings. The molecular formula is C25H22N2O2. The highest BCUT2D eigenvalue weighted by Gasteiger charge is 2.17. The van der Waals surface area contributed by atoms with Crippen LogP contribution in [0.4, 0.5) is 11.4 Å². The second kappa shape index (κ2) is 8.48. The van der Waals surface area contributed by atoms with Gasteiger partial charge >= 0.3 is 0 Å². The smallest absolute Gasteiger partial charge is 0.292 e. The van der Waals surface area contributed by atoms with Crippen molar-refractivity contribution in [2.75, 3.05) is 10.6 Å². The zero-order valence-electron chi connectivity index (χ0n) is 16.1. The number of amides is 1. The molecule has 144 valence electrons. The van der Waals surface area contributed by atoms with Crippen LogP contribution in [-0.4, -0.2) is 5.91 Å². The Morgan fingerprint density at radius 3 is 2.10 bits per heavy atom. The quantitative estimate of drug-likeness (QED) is 0.407. The molecule has 0 unspecified atom stereocenters. The fraction of sp³-hybridized carbons (Fsp3) is 0.0800. The number of hydrogen-bond acceptors (Lipinski definition) is 3. The number of rotatable bonds is 6. The summed E-state index contributed by atoms with van der Waals surface area (Å²) >= 11 is 0. The van der Waals surface area contributed by atoms with Crippen LogP contribution in [0.15, 0.2) is 102 Å². The van der Waals surface area contributed by atoms with Crippen LogP contribution in [0, 0.1) is 0 Å². The molecule has 1 heterocycles. The van der Waals surface area contributed by atoms with Crippen molar-refractivity contribution >= 4 is 17.3 Å². The normalized spacial score (nSPS) is 11.6. The van der Waals surface area contributed by atoms with Gasteiger partial charge in [-0.2, -0.15) is 0 Å². The molecule has 1 amide bonds. The van der Waals surface area contributed by atoms with Crippen LogP contribution in [0.3, 0.4) is 0 Å². The van der Waals surface area contributed by atoms with Crippen molar-refractivity contribution in [3.63, 3.8) is 0 Å². The minimum Gasteiger partial charge on any atom is -0.459 e. The number of anilines is 2. The fourth-order valence-corrected chi connectivity index (χ4v) is 3.24. The lowest BCUT2D eigenvalue weighted by Gasteiger charge is -2.16. The van der Waals surface area contributed by atoms with E-state index in [1.807, 2.05) is 78.9 Å². The molecule has 0 saturated heterocycles. The molecule has 4 heteroatoms. The maximum Gasteiger partial charge on any atom is 0.292 e.